The van der Waals surface area contributed by atoms with Crippen molar-refractivity contribution in [2.75, 3.05) is 26.2 Å². The molecule has 20 heavy (non-hydrogen) atoms. The van der Waals surface area contributed by atoms with E-state index >= 15 is 0 Å². The summed E-state index contributed by atoms with van der Waals surface area (Å²) in [6.07, 6.45) is 4.63. The van der Waals surface area contributed by atoms with Crippen LogP contribution in [0.5, 0.6) is 0 Å². The molecule has 1 aliphatic heterocycles. The molecule has 2 heterocycles. The number of aromatic nitrogens is 1. The van der Waals surface area contributed by atoms with Gasteiger partial charge in [0.15, 0.2) is 0 Å². The van der Waals surface area contributed by atoms with Crippen LogP contribution in [-0.4, -0.2) is 53.1 Å². The highest BCUT2D eigenvalue weighted by Crippen LogP contribution is 2.26. The topological polar surface area (TPSA) is 75.6 Å². The fourth-order valence-corrected chi connectivity index (χ4v) is 3.20. The fourth-order valence-electron chi connectivity index (χ4n) is 3.20. The van der Waals surface area contributed by atoms with Crippen molar-refractivity contribution in [1.29, 1.82) is 0 Å². The van der Waals surface area contributed by atoms with Gasteiger partial charge in [0.25, 0.3) is 0 Å². The first-order chi connectivity index (χ1) is 9.74. The molecule has 0 unspecified atom stereocenters. The predicted octanol–water partition coefficient (Wildman–Crippen LogP) is 0.446. The molecule has 0 radical (unpaired) electrons. The van der Waals surface area contributed by atoms with Gasteiger partial charge in [-0.1, -0.05) is 11.6 Å². The summed E-state index contributed by atoms with van der Waals surface area (Å²) in [5.74, 6) is 0.313. The summed E-state index contributed by atoms with van der Waals surface area (Å²) in [7, 11) is 0. The van der Waals surface area contributed by atoms with E-state index in [1.807, 2.05) is 11.0 Å². The first-order valence-corrected chi connectivity index (χ1v) is 7.40. The second-order valence-corrected chi connectivity index (χ2v) is 5.79. The third kappa shape index (κ3) is 2.86. The SMILES string of the molecule is N[C@H]1CCC[C@H]1C(=O)N1CCN(Cc2ccon2)CC1. The molecule has 2 N–H and O–H groups in total. The van der Waals surface area contributed by atoms with Crippen LogP contribution >= 0.6 is 0 Å². The largest absolute Gasteiger partial charge is 0.364 e. The quantitative estimate of drug-likeness (QED) is 0.868. The van der Waals surface area contributed by atoms with Crippen LogP contribution in [0.2, 0.25) is 0 Å². The average molecular weight is 278 g/mol. The summed E-state index contributed by atoms with van der Waals surface area (Å²) in [4.78, 5) is 16.7. The van der Waals surface area contributed by atoms with Gasteiger partial charge in [0, 0.05) is 44.8 Å². The zero-order chi connectivity index (χ0) is 13.9. The highest BCUT2D eigenvalue weighted by Gasteiger charge is 2.34. The zero-order valence-electron chi connectivity index (χ0n) is 11.7. The normalized spacial score (nSPS) is 27.9. The van der Waals surface area contributed by atoms with Crippen LogP contribution in [0.25, 0.3) is 0 Å². The first kappa shape index (κ1) is 13.6. The third-order valence-corrected chi connectivity index (χ3v) is 4.45. The number of amides is 1. The second kappa shape index (κ2) is 5.93. The van der Waals surface area contributed by atoms with Crippen LogP contribution in [0.1, 0.15) is 25.0 Å². The molecule has 6 heteroatoms. The molecule has 2 fully saturated rings. The maximum atomic E-state index is 12.4. The molecule has 6 nitrogen and oxygen atoms in total. The van der Waals surface area contributed by atoms with Crippen molar-refractivity contribution in [2.24, 2.45) is 11.7 Å². The van der Waals surface area contributed by atoms with E-state index < -0.39 is 0 Å². The Kier molecular flexibility index (Phi) is 4.03. The van der Waals surface area contributed by atoms with Gasteiger partial charge in [-0.05, 0) is 12.8 Å². The van der Waals surface area contributed by atoms with E-state index in [1.54, 1.807) is 6.26 Å². The number of piperazine rings is 1. The number of carbonyl (C=O) groups is 1. The molecular weight excluding hydrogens is 256 g/mol. The molecule has 1 aromatic heterocycles. The molecule has 1 aliphatic carbocycles. The summed E-state index contributed by atoms with van der Waals surface area (Å²) in [5.41, 5.74) is 6.97. The Labute approximate surface area is 118 Å². The van der Waals surface area contributed by atoms with E-state index in [4.69, 9.17) is 10.3 Å². The number of hydrogen-bond acceptors (Lipinski definition) is 5. The van der Waals surface area contributed by atoms with E-state index in [9.17, 15) is 4.79 Å². The van der Waals surface area contributed by atoms with E-state index in [2.05, 4.69) is 10.1 Å². The minimum atomic E-state index is 0.0529. The number of nitrogens with two attached hydrogens (primary N) is 1. The van der Waals surface area contributed by atoms with Gasteiger partial charge in [-0.2, -0.15) is 0 Å². The maximum absolute atomic E-state index is 12.4. The van der Waals surface area contributed by atoms with Crippen LogP contribution in [0.3, 0.4) is 0 Å². The second-order valence-electron chi connectivity index (χ2n) is 5.79. The van der Waals surface area contributed by atoms with Crippen LogP contribution < -0.4 is 5.73 Å². The Bertz CT molecular complexity index is 440. The molecule has 110 valence electrons. The molecule has 3 rings (SSSR count). The van der Waals surface area contributed by atoms with Crippen LogP contribution in [-0.2, 0) is 11.3 Å². The third-order valence-electron chi connectivity index (χ3n) is 4.45. The van der Waals surface area contributed by atoms with Gasteiger partial charge in [-0.3, -0.25) is 9.69 Å². The minimum Gasteiger partial charge on any atom is -0.364 e. The van der Waals surface area contributed by atoms with Crippen molar-refractivity contribution in [3.05, 3.63) is 18.0 Å². The van der Waals surface area contributed by atoms with E-state index in [0.29, 0.717) is 0 Å². The molecule has 0 aromatic carbocycles. The Morgan fingerprint density at radius 2 is 2.15 bits per heavy atom. The summed E-state index contributed by atoms with van der Waals surface area (Å²) in [5, 5.41) is 3.92. The van der Waals surface area contributed by atoms with Gasteiger partial charge in [-0.25, -0.2) is 0 Å². The van der Waals surface area contributed by atoms with Gasteiger partial charge >= 0.3 is 0 Å². The Hall–Kier alpha value is -1.40. The fraction of sp³-hybridized carbons (Fsp3) is 0.714. The first-order valence-electron chi connectivity index (χ1n) is 7.40. The number of rotatable bonds is 3. The van der Waals surface area contributed by atoms with Crippen molar-refractivity contribution in [3.63, 3.8) is 0 Å². The number of carbonyl (C=O) groups excluding carboxylic acids is 1. The van der Waals surface area contributed by atoms with Crippen LogP contribution in [0.15, 0.2) is 16.9 Å². The van der Waals surface area contributed by atoms with E-state index in [0.717, 1.165) is 57.7 Å². The Balaban J connectivity index is 1.49. The molecule has 0 bridgehead atoms. The van der Waals surface area contributed by atoms with Crippen LogP contribution in [0, 0.1) is 5.92 Å². The predicted molar refractivity (Wildman–Crippen MR) is 73.7 cm³/mol. The van der Waals surface area contributed by atoms with Gasteiger partial charge < -0.3 is 15.2 Å². The summed E-state index contributed by atoms with van der Waals surface area (Å²) in [6.45, 7) is 4.16. The molecule has 2 atom stereocenters. The number of nitrogens with zero attached hydrogens (tertiary/aromatic N) is 3. The van der Waals surface area contributed by atoms with Gasteiger partial charge in [0.05, 0.1) is 11.6 Å². The summed E-state index contributed by atoms with van der Waals surface area (Å²) >= 11 is 0. The van der Waals surface area contributed by atoms with Crippen molar-refractivity contribution in [3.8, 4) is 0 Å². The van der Waals surface area contributed by atoms with Crippen LogP contribution in [0.4, 0.5) is 0 Å². The molecule has 2 aliphatic rings. The average Bonchev–Trinajstić information content (AvgIpc) is 3.10. The molecule has 1 aromatic rings. The maximum Gasteiger partial charge on any atom is 0.227 e. The van der Waals surface area contributed by atoms with Gasteiger partial charge in [0.2, 0.25) is 5.91 Å². The smallest absolute Gasteiger partial charge is 0.227 e. The molecule has 0 spiro atoms. The Morgan fingerprint density at radius 3 is 2.75 bits per heavy atom. The van der Waals surface area contributed by atoms with Crippen molar-refractivity contribution < 1.29 is 9.32 Å². The van der Waals surface area contributed by atoms with Crippen molar-refractivity contribution in [2.45, 2.75) is 31.8 Å². The summed E-state index contributed by atoms with van der Waals surface area (Å²) < 4.78 is 4.84. The van der Waals surface area contributed by atoms with Crippen molar-refractivity contribution in [1.82, 2.24) is 15.0 Å². The minimum absolute atomic E-state index is 0.0529. The number of hydrogen-bond donors (Lipinski definition) is 1. The highest BCUT2D eigenvalue weighted by atomic mass is 16.5. The lowest BCUT2D eigenvalue weighted by Crippen LogP contribution is -2.51. The monoisotopic (exact) mass is 278 g/mol. The molecule has 1 saturated carbocycles. The highest BCUT2D eigenvalue weighted by molar-refractivity contribution is 5.80. The molecule has 1 amide bonds. The molecule has 1 saturated heterocycles. The van der Waals surface area contributed by atoms with E-state index in [1.165, 1.54) is 0 Å². The standard InChI is InChI=1S/C14H22N4O2/c15-13-3-1-2-12(13)14(19)18-7-5-17(6-8-18)10-11-4-9-20-16-11/h4,9,12-13H,1-3,5-8,10,15H2/t12-,13+/m1/s1. The summed E-state index contributed by atoms with van der Waals surface area (Å²) in [6, 6.07) is 1.95. The van der Waals surface area contributed by atoms with Gasteiger partial charge in [0.1, 0.15) is 6.26 Å². The van der Waals surface area contributed by atoms with Gasteiger partial charge in [-0.15, -0.1) is 0 Å². The zero-order valence-corrected chi connectivity index (χ0v) is 11.7. The lowest BCUT2D eigenvalue weighted by Gasteiger charge is -2.36. The van der Waals surface area contributed by atoms with E-state index in [-0.39, 0.29) is 17.9 Å². The lowest BCUT2D eigenvalue weighted by molar-refractivity contribution is -0.137. The molecular formula is C14H22N4O2. The lowest BCUT2D eigenvalue weighted by atomic mass is 10.0. The Morgan fingerprint density at radius 1 is 1.35 bits per heavy atom. The van der Waals surface area contributed by atoms with Crippen molar-refractivity contribution >= 4 is 5.91 Å².